The van der Waals surface area contributed by atoms with Crippen LogP contribution in [0.4, 0.5) is 11.4 Å². The second-order valence-corrected chi connectivity index (χ2v) is 9.08. The summed E-state index contributed by atoms with van der Waals surface area (Å²) in [6, 6.07) is 12.4. The number of nitrogens with one attached hydrogen (secondary N) is 1. The van der Waals surface area contributed by atoms with Crippen LogP contribution >= 0.6 is 11.8 Å². The smallest absolute Gasteiger partial charge is 0.270 e. The Labute approximate surface area is 197 Å². The standard InChI is InChI=1S/C24H26N4O4S/c1-14(2)9-20-23(30)27-22-18-7-5-6-8-19(18)26-24(28(20)22)33-13-21(29)25-15-10-16(31-3)12-17(11-15)32-4/h5-8,10-12,14,20H,9,13H2,1-4H3,(H,25,29). The molecule has 8 nitrogen and oxygen atoms in total. The van der Waals surface area contributed by atoms with E-state index >= 15 is 0 Å². The molecule has 4 rings (SSSR count). The summed E-state index contributed by atoms with van der Waals surface area (Å²) in [5, 5.41) is 3.47. The third-order valence-electron chi connectivity index (χ3n) is 5.27. The van der Waals surface area contributed by atoms with E-state index in [0.717, 1.165) is 11.3 Å². The van der Waals surface area contributed by atoms with Gasteiger partial charge in [0.2, 0.25) is 5.91 Å². The quantitative estimate of drug-likeness (QED) is 0.661. The zero-order chi connectivity index (χ0) is 23.5. The fraction of sp³-hybridized carbons (Fsp3) is 0.333. The van der Waals surface area contributed by atoms with E-state index < -0.39 is 6.04 Å². The third-order valence-corrected chi connectivity index (χ3v) is 6.22. The molecule has 0 aromatic heterocycles. The van der Waals surface area contributed by atoms with Crippen LogP contribution in [-0.2, 0) is 9.59 Å². The average Bonchev–Trinajstić information content (AvgIpc) is 3.12. The van der Waals surface area contributed by atoms with Gasteiger partial charge in [-0.25, -0.2) is 4.99 Å². The minimum Gasteiger partial charge on any atom is -0.497 e. The first kappa shape index (κ1) is 22.8. The Morgan fingerprint density at radius 2 is 1.82 bits per heavy atom. The van der Waals surface area contributed by atoms with Gasteiger partial charge >= 0.3 is 0 Å². The molecule has 0 fully saturated rings. The average molecular weight is 467 g/mol. The predicted molar refractivity (Wildman–Crippen MR) is 131 cm³/mol. The lowest BCUT2D eigenvalue weighted by atomic mass is 10.0. The monoisotopic (exact) mass is 466 g/mol. The molecule has 0 saturated carbocycles. The molecule has 33 heavy (non-hydrogen) atoms. The normalized spacial score (nSPS) is 16.7. The van der Waals surface area contributed by atoms with Crippen molar-refractivity contribution in [2.24, 2.45) is 15.9 Å². The van der Waals surface area contributed by atoms with E-state index in [0.29, 0.717) is 40.5 Å². The molecule has 2 aliphatic heterocycles. The summed E-state index contributed by atoms with van der Waals surface area (Å²) in [5.41, 5.74) is 2.14. The molecule has 2 amide bonds. The van der Waals surface area contributed by atoms with Crippen molar-refractivity contribution in [2.45, 2.75) is 26.3 Å². The molecule has 0 radical (unpaired) electrons. The van der Waals surface area contributed by atoms with Crippen molar-refractivity contribution in [1.82, 2.24) is 4.90 Å². The van der Waals surface area contributed by atoms with E-state index in [2.05, 4.69) is 24.2 Å². The van der Waals surface area contributed by atoms with Gasteiger partial charge in [0.15, 0.2) is 5.17 Å². The zero-order valence-electron chi connectivity index (χ0n) is 19.0. The van der Waals surface area contributed by atoms with Gasteiger partial charge in [-0.05, 0) is 24.5 Å². The summed E-state index contributed by atoms with van der Waals surface area (Å²) >= 11 is 1.29. The lowest BCUT2D eigenvalue weighted by Gasteiger charge is -2.31. The number of para-hydroxylation sites is 1. The van der Waals surface area contributed by atoms with Crippen molar-refractivity contribution in [2.75, 3.05) is 25.3 Å². The number of carbonyl (C=O) groups excluding carboxylic acids is 2. The number of benzene rings is 2. The number of hydrogen-bond acceptors (Lipinski definition) is 7. The van der Waals surface area contributed by atoms with Crippen LogP contribution in [0.1, 0.15) is 25.8 Å². The largest absolute Gasteiger partial charge is 0.497 e. The first-order chi connectivity index (χ1) is 15.9. The van der Waals surface area contributed by atoms with Crippen molar-refractivity contribution in [3.63, 3.8) is 0 Å². The molecular formula is C24H26N4O4S. The van der Waals surface area contributed by atoms with Gasteiger partial charge in [-0.1, -0.05) is 37.7 Å². The Bertz CT molecular complexity index is 1120. The summed E-state index contributed by atoms with van der Waals surface area (Å²) in [6.45, 7) is 4.14. The highest BCUT2D eigenvalue weighted by Crippen LogP contribution is 2.35. The molecule has 1 atom stereocenters. The molecule has 2 aromatic carbocycles. The summed E-state index contributed by atoms with van der Waals surface area (Å²) in [6.07, 6.45) is 0.656. The lowest BCUT2D eigenvalue weighted by Crippen LogP contribution is -2.44. The maximum atomic E-state index is 12.7. The maximum Gasteiger partial charge on any atom is 0.270 e. The van der Waals surface area contributed by atoms with Gasteiger partial charge in [-0.15, -0.1) is 0 Å². The van der Waals surface area contributed by atoms with Crippen molar-refractivity contribution >= 4 is 46.0 Å². The minimum absolute atomic E-state index is 0.118. The topological polar surface area (TPSA) is 92.6 Å². The Kier molecular flexibility index (Phi) is 6.69. The fourth-order valence-corrected chi connectivity index (χ4v) is 4.63. The molecule has 0 bridgehead atoms. The van der Waals surface area contributed by atoms with Gasteiger partial charge in [0.25, 0.3) is 5.91 Å². The van der Waals surface area contributed by atoms with Gasteiger partial charge in [-0.3, -0.25) is 14.5 Å². The molecule has 0 saturated heterocycles. The van der Waals surface area contributed by atoms with Crippen LogP contribution in [0, 0.1) is 5.92 Å². The van der Waals surface area contributed by atoms with Gasteiger partial charge in [0.05, 0.1) is 25.7 Å². The Morgan fingerprint density at radius 3 is 2.48 bits per heavy atom. The molecule has 9 heteroatoms. The van der Waals surface area contributed by atoms with E-state index in [1.54, 1.807) is 32.4 Å². The number of hydrogen-bond donors (Lipinski definition) is 1. The maximum absolute atomic E-state index is 12.7. The number of rotatable bonds is 7. The first-order valence-corrected chi connectivity index (χ1v) is 11.6. The molecule has 2 aromatic rings. The minimum atomic E-state index is -0.412. The van der Waals surface area contributed by atoms with Gasteiger partial charge in [-0.2, -0.15) is 4.99 Å². The van der Waals surface area contributed by atoms with Crippen molar-refractivity contribution < 1.29 is 19.1 Å². The summed E-state index contributed by atoms with van der Waals surface area (Å²) in [4.78, 5) is 36.5. The number of fused-ring (bicyclic) bond motifs is 3. The highest BCUT2D eigenvalue weighted by Gasteiger charge is 2.41. The molecule has 0 spiro atoms. The van der Waals surface area contributed by atoms with E-state index in [1.807, 2.05) is 29.2 Å². The molecule has 2 heterocycles. The molecule has 1 unspecified atom stereocenters. The number of amides is 2. The highest BCUT2D eigenvalue weighted by atomic mass is 32.2. The molecule has 172 valence electrons. The molecule has 1 N–H and O–H groups in total. The number of aliphatic imine (C=N–C) groups is 2. The highest BCUT2D eigenvalue weighted by molar-refractivity contribution is 8.14. The Morgan fingerprint density at radius 1 is 1.12 bits per heavy atom. The third kappa shape index (κ3) is 4.88. The van der Waals surface area contributed by atoms with Crippen LogP contribution in [0.25, 0.3) is 0 Å². The Hall–Kier alpha value is -3.33. The van der Waals surface area contributed by atoms with E-state index in [4.69, 9.17) is 14.5 Å². The van der Waals surface area contributed by atoms with Crippen LogP contribution in [0.15, 0.2) is 52.4 Å². The van der Waals surface area contributed by atoms with E-state index in [1.165, 1.54) is 11.8 Å². The van der Waals surface area contributed by atoms with Crippen LogP contribution in [-0.4, -0.2) is 53.7 Å². The van der Waals surface area contributed by atoms with Gasteiger partial charge in [0, 0.05) is 29.4 Å². The first-order valence-electron chi connectivity index (χ1n) is 10.6. The summed E-state index contributed by atoms with van der Waals surface area (Å²) in [5.74, 6) is 1.82. The number of ether oxygens (including phenoxy) is 2. The Balaban J connectivity index is 1.54. The lowest BCUT2D eigenvalue weighted by molar-refractivity contribution is -0.120. The number of thioether (sulfide) groups is 1. The van der Waals surface area contributed by atoms with Crippen LogP contribution in [0.2, 0.25) is 0 Å². The van der Waals surface area contributed by atoms with Gasteiger partial charge < -0.3 is 14.8 Å². The van der Waals surface area contributed by atoms with Crippen LogP contribution < -0.4 is 14.8 Å². The van der Waals surface area contributed by atoms with E-state index in [-0.39, 0.29) is 17.6 Å². The molecular weight excluding hydrogens is 440 g/mol. The van der Waals surface area contributed by atoms with Crippen molar-refractivity contribution in [3.05, 3.63) is 48.0 Å². The zero-order valence-corrected chi connectivity index (χ0v) is 19.8. The fourth-order valence-electron chi connectivity index (χ4n) is 3.78. The van der Waals surface area contributed by atoms with Crippen LogP contribution in [0.3, 0.4) is 0 Å². The van der Waals surface area contributed by atoms with Crippen molar-refractivity contribution in [3.8, 4) is 11.5 Å². The van der Waals surface area contributed by atoms with Crippen LogP contribution in [0.5, 0.6) is 11.5 Å². The molecule has 2 aliphatic rings. The SMILES string of the molecule is COc1cc(NC(=O)CSC2=Nc3ccccc3C3=NC(=O)C(CC(C)C)N23)cc(OC)c1. The van der Waals surface area contributed by atoms with Gasteiger partial charge in [0.1, 0.15) is 23.4 Å². The summed E-state index contributed by atoms with van der Waals surface area (Å²) in [7, 11) is 3.11. The number of nitrogens with zero attached hydrogens (tertiary/aromatic N) is 3. The summed E-state index contributed by atoms with van der Waals surface area (Å²) < 4.78 is 10.5. The number of anilines is 1. The second kappa shape index (κ2) is 9.66. The number of carbonyl (C=O) groups is 2. The van der Waals surface area contributed by atoms with Crippen molar-refractivity contribution in [1.29, 1.82) is 0 Å². The predicted octanol–water partition coefficient (Wildman–Crippen LogP) is 4.08. The molecule has 0 aliphatic carbocycles. The second-order valence-electron chi connectivity index (χ2n) is 8.14. The van der Waals surface area contributed by atoms with E-state index in [9.17, 15) is 9.59 Å². The number of methoxy groups -OCH3 is 2. The number of amidine groups is 2.